The van der Waals surface area contributed by atoms with Crippen LogP contribution < -0.4 is 0 Å². The summed E-state index contributed by atoms with van der Waals surface area (Å²) >= 11 is 0. The Kier molecular flexibility index (Phi) is 5.40. The molecule has 1 heteroatoms. The number of hydrogen-bond donors (Lipinski definition) is 1. The second kappa shape index (κ2) is 8.45. The minimum atomic E-state index is 0.0770. The molecular weight excluding hydrogens is 352 g/mol. The molecule has 0 aliphatic heterocycles. The highest BCUT2D eigenvalue weighted by Gasteiger charge is 2.16. The van der Waals surface area contributed by atoms with E-state index in [1.54, 1.807) is 0 Å². The van der Waals surface area contributed by atoms with Crippen LogP contribution in [0.3, 0.4) is 0 Å². The lowest BCUT2D eigenvalue weighted by Crippen LogP contribution is -1.97. The third-order valence-electron chi connectivity index (χ3n) is 4.94. The van der Waals surface area contributed by atoms with Gasteiger partial charge in [0.05, 0.1) is 0 Å². The van der Waals surface area contributed by atoms with E-state index in [4.69, 9.17) is 0 Å². The Bertz CT molecular complexity index is 1080. The minimum Gasteiger partial charge on any atom is -0.508 e. The van der Waals surface area contributed by atoms with Crippen molar-refractivity contribution in [2.75, 3.05) is 0 Å². The zero-order valence-electron chi connectivity index (χ0n) is 16.1. The molecule has 0 fully saturated rings. The molecule has 0 aliphatic rings. The predicted octanol–water partition coefficient (Wildman–Crippen LogP) is 7.22. The van der Waals surface area contributed by atoms with Gasteiger partial charge < -0.3 is 5.11 Å². The van der Waals surface area contributed by atoms with Crippen LogP contribution in [-0.2, 0) is 0 Å². The van der Waals surface area contributed by atoms with E-state index in [9.17, 15) is 5.11 Å². The van der Waals surface area contributed by atoms with Crippen molar-refractivity contribution < 1.29 is 5.11 Å². The van der Waals surface area contributed by atoms with Crippen molar-refractivity contribution in [3.63, 3.8) is 0 Å². The van der Waals surface area contributed by atoms with E-state index < -0.39 is 0 Å². The summed E-state index contributed by atoms with van der Waals surface area (Å²) in [7, 11) is 0. The average molecular weight is 374 g/mol. The van der Waals surface area contributed by atoms with Gasteiger partial charge in [0.1, 0.15) is 5.76 Å². The van der Waals surface area contributed by atoms with Crippen molar-refractivity contribution in [1.82, 2.24) is 0 Å². The molecule has 0 heterocycles. The molecule has 0 spiro atoms. The van der Waals surface area contributed by atoms with E-state index in [-0.39, 0.29) is 5.76 Å². The van der Waals surface area contributed by atoms with E-state index in [0.717, 1.165) is 33.4 Å². The highest BCUT2D eigenvalue weighted by atomic mass is 16.3. The van der Waals surface area contributed by atoms with E-state index in [2.05, 4.69) is 79.4 Å². The maximum absolute atomic E-state index is 9.73. The van der Waals surface area contributed by atoms with Gasteiger partial charge in [-0.1, -0.05) is 122 Å². The molecule has 0 bridgehead atoms. The third-order valence-corrected chi connectivity index (χ3v) is 4.94. The van der Waals surface area contributed by atoms with Crippen LogP contribution in [0.15, 0.2) is 122 Å². The molecule has 1 N–H and O–H groups in total. The van der Waals surface area contributed by atoms with E-state index >= 15 is 0 Å². The van der Waals surface area contributed by atoms with Gasteiger partial charge in [0.25, 0.3) is 0 Å². The molecule has 0 atom stereocenters. The van der Waals surface area contributed by atoms with Crippen molar-refractivity contribution in [1.29, 1.82) is 0 Å². The molecule has 140 valence electrons. The van der Waals surface area contributed by atoms with E-state index in [0.29, 0.717) is 0 Å². The second-order valence-electron chi connectivity index (χ2n) is 6.87. The van der Waals surface area contributed by atoms with Crippen molar-refractivity contribution in [2.24, 2.45) is 0 Å². The van der Waals surface area contributed by atoms with Gasteiger partial charge in [-0.3, -0.25) is 0 Å². The molecule has 0 unspecified atom stereocenters. The normalized spacial score (nSPS) is 10.3. The minimum absolute atomic E-state index is 0.0770. The summed E-state index contributed by atoms with van der Waals surface area (Å²) in [6.45, 7) is 3.63. The van der Waals surface area contributed by atoms with Crippen LogP contribution in [0.4, 0.5) is 0 Å². The van der Waals surface area contributed by atoms with Crippen LogP contribution >= 0.6 is 0 Å². The summed E-state index contributed by atoms with van der Waals surface area (Å²) in [5.41, 5.74) is 7.60. The van der Waals surface area contributed by atoms with Crippen LogP contribution in [0.25, 0.3) is 16.9 Å². The summed E-state index contributed by atoms with van der Waals surface area (Å²) < 4.78 is 0. The SMILES string of the molecule is C=C(O)c1ccc(C(=C(c2ccccc2)c2ccccc2)c2ccccc2)cc1. The van der Waals surface area contributed by atoms with E-state index in [1.165, 1.54) is 5.57 Å². The first-order valence-corrected chi connectivity index (χ1v) is 9.63. The van der Waals surface area contributed by atoms with Gasteiger partial charge in [-0.05, 0) is 33.4 Å². The smallest absolute Gasteiger partial charge is 0.115 e. The molecule has 4 aromatic rings. The first-order chi connectivity index (χ1) is 14.2. The van der Waals surface area contributed by atoms with E-state index in [1.807, 2.05) is 42.5 Å². The molecule has 0 aromatic heterocycles. The maximum Gasteiger partial charge on any atom is 0.115 e. The Balaban J connectivity index is 2.05. The van der Waals surface area contributed by atoms with Crippen molar-refractivity contribution >= 4 is 16.9 Å². The number of aliphatic hydroxyl groups excluding tert-OH is 1. The summed E-state index contributed by atoms with van der Waals surface area (Å²) in [5.74, 6) is 0.0770. The summed E-state index contributed by atoms with van der Waals surface area (Å²) in [6.07, 6.45) is 0. The fraction of sp³-hybridized carbons (Fsp3) is 0. The van der Waals surface area contributed by atoms with Gasteiger partial charge in [-0.25, -0.2) is 0 Å². The molecule has 0 saturated carbocycles. The predicted molar refractivity (Wildman–Crippen MR) is 122 cm³/mol. The first-order valence-electron chi connectivity index (χ1n) is 9.63. The molecule has 0 radical (unpaired) electrons. The highest BCUT2D eigenvalue weighted by Crippen LogP contribution is 2.36. The van der Waals surface area contributed by atoms with Crippen molar-refractivity contribution in [3.05, 3.63) is 150 Å². The first kappa shape index (κ1) is 18.5. The molecule has 0 amide bonds. The maximum atomic E-state index is 9.73. The number of hydrogen-bond acceptors (Lipinski definition) is 1. The molecule has 29 heavy (non-hydrogen) atoms. The quantitative estimate of drug-likeness (QED) is 0.289. The van der Waals surface area contributed by atoms with Gasteiger partial charge in [0.2, 0.25) is 0 Å². The van der Waals surface area contributed by atoms with Gasteiger partial charge in [-0.2, -0.15) is 0 Å². The Morgan fingerprint density at radius 3 is 1.00 bits per heavy atom. The van der Waals surface area contributed by atoms with Crippen molar-refractivity contribution in [2.45, 2.75) is 0 Å². The molecule has 4 rings (SSSR count). The zero-order valence-corrected chi connectivity index (χ0v) is 16.1. The lowest BCUT2D eigenvalue weighted by atomic mass is 9.85. The van der Waals surface area contributed by atoms with Gasteiger partial charge in [0, 0.05) is 5.56 Å². The fourth-order valence-electron chi connectivity index (χ4n) is 3.55. The number of aliphatic hydroxyl groups is 1. The van der Waals surface area contributed by atoms with Crippen LogP contribution in [0.5, 0.6) is 0 Å². The summed E-state index contributed by atoms with van der Waals surface area (Å²) in [4.78, 5) is 0. The molecule has 0 aliphatic carbocycles. The lowest BCUT2D eigenvalue weighted by Gasteiger charge is -2.18. The van der Waals surface area contributed by atoms with Crippen molar-refractivity contribution in [3.8, 4) is 0 Å². The molecule has 1 nitrogen and oxygen atoms in total. The fourth-order valence-corrected chi connectivity index (χ4v) is 3.55. The largest absolute Gasteiger partial charge is 0.508 e. The van der Waals surface area contributed by atoms with Gasteiger partial charge in [0.15, 0.2) is 0 Å². The number of benzene rings is 4. The Hall–Kier alpha value is -3.84. The zero-order chi connectivity index (χ0) is 20.1. The third kappa shape index (κ3) is 4.04. The average Bonchev–Trinajstić information content (AvgIpc) is 2.79. The van der Waals surface area contributed by atoms with Crippen LogP contribution in [0.2, 0.25) is 0 Å². The second-order valence-corrected chi connectivity index (χ2v) is 6.87. The molecule has 4 aromatic carbocycles. The highest BCUT2D eigenvalue weighted by molar-refractivity contribution is 6.04. The molecule has 0 saturated heterocycles. The summed E-state index contributed by atoms with van der Waals surface area (Å²) in [5, 5.41) is 9.73. The molecular formula is C28H22O. The summed E-state index contributed by atoms with van der Waals surface area (Å²) in [6, 6.07) is 39.3. The monoisotopic (exact) mass is 374 g/mol. The van der Waals surface area contributed by atoms with Crippen LogP contribution in [-0.4, -0.2) is 5.11 Å². The standard InChI is InChI=1S/C28H22O/c1-21(29)22-17-19-26(20-18-22)28(25-15-9-4-10-16-25)27(23-11-5-2-6-12-23)24-13-7-3-8-14-24/h2-20,29H,1H2. The Morgan fingerprint density at radius 2 is 0.690 bits per heavy atom. The Labute approximate surface area is 171 Å². The van der Waals surface area contributed by atoms with Crippen LogP contribution in [0, 0.1) is 0 Å². The van der Waals surface area contributed by atoms with Gasteiger partial charge >= 0.3 is 0 Å². The number of rotatable bonds is 5. The van der Waals surface area contributed by atoms with Crippen LogP contribution in [0.1, 0.15) is 27.8 Å². The Morgan fingerprint density at radius 1 is 0.414 bits per heavy atom. The topological polar surface area (TPSA) is 20.2 Å². The van der Waals surface area contributed by atoms with Gasteiger partial charge in [-0.15, -0.1) is 0 Å². The lowest BCUT2D eigenvalue weighted by molar-refractivity contribution is 0.514.